The van der Waals surface area contributed by atoms with Crippen LogP contribution in [-0.2, 0) is 13.0 Å². The summed E-state index contributed by atoms with van der Waals surface area (Å²) in [5.41, 5.74) is 7.52. The first-order valence-electron chi connectivity index (χ1n) is 6.72. The van der Waals surface area contributed by atoms with E-state index in [-0.39, 0.29) is 11.9 Å². The SMILES string of the molecule is NCc1ccc(OCC2Cc3cc(F)ccc3O2)c(Br)c1. The third kappa shape index (κ3) is 3.19. The molecule has 1 unspecified atom stereocenters. The van der Waals surface area contributed by atoms with Crippen LogP contribution in [0.15, 0.2) is 40.9 Å². The maximum absolute atomic E-state index is 13.2. The molecule has 0 saturated carbocycles. The molecule has 5 heteroatoms. The fourth-order valence-electron chi connectivity index (χ4n) is 2.35. The molecule has 0 fully saturated rings. The van der Waals surface area contributed by atoms with Crippen LogP contribution in [0.25, 0.3) is 0 Å². The van der Waals surface area contributed by atoms with E-state index in [4.69, 9.17) is 15.2 Å². The number of rotatable bonds is 4. The minimum Gasteiger partial charge on any atom is -0.489 e. The molecule has 3 nitrogen and oxygen atoms in total. The number of benzene rings is 2. The van der Waals surface area contributed by atoms with Gasteiger partial charge in [0.05, 0.1) is 4.47 Å². The average Bonchev–Trinajstić information content (AvgIpc) is 2.87. The predicted molar refractivity (Wildman–Crippen MR) is 82.0 cm³/mol. The van der Waals surface area contributed by atoms with Gasteiger partial charge in [-0.25, -0.2) is 4.39 Å². The zero-order valence-corrected chi connectivity index (χ0v) is 12.9. The smallest absolute Gasteiger partial charge is 0.137 e. The quantitative estimate of drug-likeness (QED) is 0.917. The van der Waals surface area contributed by atoms with Crippen LogP contribution in [0.3, 0.4) is 0 Å². The highest BCUT2D eigenvalue weighted by Gasteiger charge is 2.24. The van der Waals surface area contributed by atoms with Gasteiger partial charge < -0.3 is 15.2 Å². The Balaban J connectivity index is 1.62. The number of ether oxygens (including phenoxy) is 2. The van der Waals surface area contributed by atoms with Gasteiger partial charge in [0.25, 0.3) is 0 Å². The summed E-state index contributed by atoms with van der Waals surface area (Å²) in [4.78, 5) is 0. The zero-order chi connectivity index (χ0) is 14.8. The van der Waals surface area contributed by atoms with Gasteiger partial charge in [-0.15, -0.1) is 0 Å². The monoisotopic (exact) mass is 351 g/mol. The standard InChI is InChI=1S/C16H15BrFNO2/c17-14-5-10(8-19)1-3-16(14)20-9-13-7-11-6-12(18)2-4-15(11)21-13/h1-6,13H,7-9,19H2. The molecule has 0 radical (unpaired) electrons. The Morgan fingerprint density at radius 1 is 1.29 bits per heavy atom. The van der Waals surface area contributed by atoms with Gasteiger partial charge in [-0.3, -0.25) is 0 Å². The van der Waals surface area contributed by atoms with Crippen LogP contribution in [0.4, 0.5) is 4.39 Å². The normalized spacial score (nSPS) is 16.4. The molecule has 110 valence electrons. The number of halogens is 2. The first kappa shape index (κ1) is 14.4. The van der Waals surface area contributed by atoms with Gasteiger partial charge >= 0.3 is 0 Å². The van der Waals surface area contributed by atoms with E-state index in [1.807, 2.05) is 18.2 Å². The van der Waals surface area contributed by atoms with Crippen molar-refractivity contribution in [1.29, 1.82) is 0 Å². The molecule has 3 rings (SSSR count). The van der Waals surface area contributed by atoms with Gasteiger partial charge in [0, 0.05) is 18.5 Å². The van der Waals surface area contributed by atoms with E-state index in [1.54, 1.807) is 6.07 Å². The van der Waals surface area contributed by atoms with E-state index in [2.05, 4.69) is 15.9 Å². The molecule has 1 heterocycles. The van der Waals surface area contributed by atoms with Gasteiger partial charge in [-0.05, 0) is 51.8 Å². The van der Waals surface area contributed by atoms with Crippen molar-refractivity contribution in [1.82, 2.24) is 0 Å². The van der Waals surface area contributed by atoms with E-state index in [0.29, 0.717) is 19.6 Å². The predicted octanol–water partition coefficient (Wildman–Crippen LogP) is 3.43. The van der Waals surface area contributed by atoms with Crippen LogP contribution >= 0.6 is 15.9 Å². The van der Waals surface area contributed by atoms with Crippen LogP contribution in [0.5, 0.6) is 11.5 Å². The topological polar surface area (TPSA) is 44.5 Å². The van der Waals surface area contributed by atoms with Crippen molar-refractivity contribution < 1.29 is 13.9 Å². The summed E-state index contributed by atoms with van der Waals surface area (Å²) in [5.74, 6) is 1.25. The van der Waals surface area contributed by atoms with Crippen LogP contribution < -0.4 is 15.2 Å². The number of nitrogens with two attached hydrogens (primary N) is 1. The summed E-state index contributed by atoms with van der Waals surface area (Å²) in [5, 5.41) is 0. The summed E-state index contributed by atoms with van der Waals surface area (Å²) in [6.45, 7) is 0.905. The molecule has 0 bridgehead atoms. The lowest BCUT2D eigenvalue weighted by molar-refractivity contribution is 0.148. The third-order valence-electron chi connectivity index (χ3n) is 3.42. The van der Waals surface area contributed by atoms with E-state index < -0.39 is 0 Å². The molecule has 0 amide bonds. The second kappa shape index (κ2) is 6.03. The number of fused-ring (bicyclic) bond motifs is 1. The molecule has 1 aliphatic rings. The first-order valence-corrected chi connectivity index (χ1v) is 7.51. The van der Waals surface area contributed by atoms with Crippen molar-refractivity contribution in [3.05, 3.63) is 57.8 Å². The minimum atomic E-state index is -0.237. The molecule has 0 saturated heterocycles. The van der Waals surface area contributed by atoms with Crippen LogP contribution in [-0.4, -0.2) is 12.7 Å². The zero-order valence-electron chi connectivity index (χ0n) is 11.3. The summed E-state index contributed by atoms with van der Waals surface area (Å²) < 4.78 is 25.5. The highest BCUT2D eigenvalue weighted by molar-refractivity contribution is 9.10. The van der Waals surface area contributed by atoms with Crippen molar-refractivity contribution in [2.75, 3.05) is 6.61 Å². The minimum absolute atomic E-state index is 0.0946. The molecule has 0 aromatic heterocycles. The van der Waals surface area contributed by atoms with Crippen molar-refractivity contribution in [2.24, 2.45) is 5.73 Å². The van der Waals surface area contributed by atoms with Crippen molar-refractivity contribution in [2.45, 2.75) is 19.1 Å². The Hall–Kier alpha value is -1.59. The molecule has 0 aliphatic carbocycles. The average molecular weight is 352 g/mol. The molecular weight excluding hydrogens is 337 g/mol. The molecular formula is C16H15BrFNO2. The highest BCUT2D eigenvalue weighted by Crippen LogP contribution is 2.31. The number of hydrogen-bond donors (Lipinski definition) is 1. The Kier molecular flexibility index (Phi) is 4.12. The van der Waals surface area contributed by atoms with E-state index in [1.165, 1.54) is 12.1 Å². The summed E-state index contributed by atoms with van der Waals surface area (Å²) >= 11 is 3.46. The molecule has 2 N–H and O–H groups in total. The lowest BCUT2D eigenvalue weighted by atomic mass is 10.1. The first-order chi connectivity index (χ1) is 10.2. The van der Waals surface area contributed by atoms with Gasteiger partial charge in [0.2, 0.25) is 0 Å². The van der Waals surface area contributed by atoms with Crippen molar-refractivity contribution in [3.63, 3.8) is 0 Å². The maximum atomic E-state index is 13.2. The van der Waals surface area contributed by atoms with Gasteiger partial charge in [-0.2, -0.15) is 0 Å². The van der Waals surface area contributed by atoms with E-state index in [9.17, 15) is 4.39 Å². The van der Waals surface area contributed by atoms with Gasteiger partial charge in [-0.1, -0.05) is 6.07 Å². The van der Waals surface area contributed by atoms with Crippen molar-refractivity contribution >= 4 is 15.9 Å². The van der Waals surface area contributed by atoms with E-state index >= 15 is 0 Å². The van der Waals surface area contributed by atoms with Crippen molar-refractivity contribution in [3.8, 4) is 11.5 Å². The summed E-state index contributed by atoms with van der Waals surface area (Å²) in [6.07, 6.45) is 0.564. The van der Waals surface area contributed by atoms with E-state index in [0.717, 1.165) is 27.1 Å². The van der Waals surface area contributed by atoms with Crippen LogP contribution in [0.1, 0.15) is 11.1 Å². The largest absolute Gasteiger partial charge is 0.489 e. The second-order valence-electron chi connectivity index (χ2n) is 4.98. The summed E-state index contributed by atoms with van der Waals surface area (Å²) in [6, 6.07) is 10.3. The highest BCUT2D eigenvalue weighted by atomic mass is 79.9. The molecule has 2 aromatic rings. The Morgan fingerprint density at radius 2 is 2.14 bits per heavy atom. The molecule has 2 aromatic carbocycles. The molecule has 1 atom stereocenters. The Labute approximate surface area is 131 Å². The van der Waals surface area contributed by atoms with Crippen LogP contribution in [0.2, 0.25) is 0 Å². The molecule has 0 spiro atoms. The third-order valence-corrected chi connectivity index (χ3v) is 4.04. The summed E-state index contributed by atoms with van der Waals surface area (Å²) in [7, 11) is 0. The second-order valence-corrected chi connectivity index (χ2v) is 5.83. The molecule has 21 heavy (non-hydrogen) atoms. The Morgan fingerprint density at radius 3 is 2.90 bits per heavy atom. The lowest BCUT2D eigenvalue weighted by Crippen LogP contribution is -2.22. The van der Waals surface area contributed by atoms with Gasteiger partial charge in [0.1, 0.15) is 30.0 Å². The maximum Gasteiger partial charge on any atom is 0.137 e. The fourth-order valence-corrected chi connectivity index (χ4v) is 2.89. The molecule has 1 aliphatic heterocycles. The van der Waals surface area contributed by atoms with Crippen LogP contribution in [0, 0.1) is 5.82 Å². The number of hydrogen-bond acceptors (Lipinski definition) is 3. The van der Waals surface area contributed by atoms with Gasteiger partial charge in [0.15, 0.2) is 0 Å². The fraction of sp³-hybridized carbons (Fsp3) is 0.250. The lowest BCUT2D eigenvalue weighted by Gasteiger charge is -2.14. The Bertz CT molecular complexity index is 663.